The van der Waals surface area contributed by atoms with Crippen LogP contribution in [0, 0.1) is 6.92 Å². The van der Waals surface area contributed by atoms with Crippen LogP contribution in [0.4, 0.5) is 5.69 Å². The number of halogens is 1. The lowest BCUT2D eigenvalue weighted by molar-refractivity contribution is -0.870. The first kappa shape index (κ1) is 20.3. The van der Waals surface area contributed by atoms with Gasteiger partial charge >= 0.3 is 0 Å². The van der Waals surface area contributed by atoms with Crippen molar-refractivity contribution in [2.45, 2.75) is 13.3 Å². The molecule has 0 fully saturated rings. The summed E-state index contributed by atoms with van der Waals surface area (Å²) in [5.74, 6) is 1.45. The lowest BCUT2D eigenvalue weighted by Gasteiger charge is -2.15. The van der Waals surface area contributed by atoms with Crippen molar-refractivity contribution in [3.63, 3.8) is 0 Å². The van der Waals surface area contributed by atoms with Crippen molar-refractivity contribution >= 4 is 27.5 Å². The van der Waals surface area contributed by atoms with E-state index in [0.717, 1.165) is 50.7 Å². The number of benzene rings is 2. The highest BCUT2D eigenvalue weighted by Gasteiger charge is 2.12. The second-order valence-electron chi connectivity index (χ2n) is 6.35. The van der Waals surface area contributed by atoms with Gasteiger partial charge in [-0.25, -0.2) is 0 Å². The molecule has 0 aliphatic heterocycles. The van der Waals surface area contributed by atoms with Crippen LogP contribution in [0.3, 0.4) is 0 Å². The topological polar surface area (TPSA) is 52.0 Å². The summed E-state index contributed by atoms with van der Waals surface area (Å²) in [4.78, 5) is 13.4. The normalized spacial score (nSPS) is 11.7. The molecule has 0 saturated carbocycles. The zero-order chi connectivity index (χ0) is 19.1. The predicted molar refractivity (Wildman–Crippen MR) is 107 cm³/mol. The van der Waals surface area contributed by atoms with Crippen molar-refractivity contribution in [2.75, 3.05) is 39.7 Å². The Kier molecular flexibility index (Phi) is 7.48. The molecule has 2 rings (SSSR count). The van der Waals surface area contributed by atoms with Crippen LogP contribution < -0.4 is 19.7 Å². The minimum Gasteiger partial charge on any atom is -0.493 e. The molecule has 0 spiro atoms. The number of methoxy groups -OCH3 is 2. The van der Waals surface area contributed by atoms with Crippen molar-refractivity contribution in [2.24, 2.45) is 0 Å². The average molecular weight is 422 g/mol. The number of anilines is 1. The van der Waals surface area contributed by atoms with E-state index in [0.29, 0.717) is 6.54 Å². The van der Waals surface area contributed by atoms with Gasteiger partial charge in [0, 0.05) is 10.9 Å². The second kappa shape index (κ2) is 9.59. The van der Waals surface area contributed by atoms with E-state index in [9.17, 15) is 4.79 Å². The maximum absolute atomic E-state index is 12.3. The van der Waals surface area contributed by atoms with Gasteiger partial charge in [0.15, 0.2) is 18.0 Å². The van der Waals surface area contributed by atoms with Crippen LogP contribution in [0.5, 0.6) is 11.5 Å². The molecule has 0 aliphatic carbocycles. The number of ether oxygens (including phenoxy) is 2. The van der Waals surface area contributed by atoms with Gasteiger partial charge in [-0.3, -0.25) is 4.79 Å². The molecule has 0 heterocycles. The van der Waals surface area contributed by atoms with Crippen LogP contribution in [-0.2, 0) is 11.2 Å². The highest BCUT2D eigenvalue weighted by atomic mass is 79.9. The maximum Gasteiger partial charge on any atom is 0.279 e. The monoisotopic (exact) mass is 421 g/mol. The third kappa shape index (κ3) is 5.75. The van der Waals surface area contributed by atoms with Crippen molar-refractivity contribution in [1.29, 1.82) is 0 Å². The first-order valence-corrected chi connectivity index (χ1v) is 9.30. The standard InChI is InChI=1S/C20H25BrN2O3/c1-14-5-7-17(16(21)11-14)22-20(24)13-23(2)10-9-15-6-8-18(25-3)19(12-15)26-4/h5-8,11-12H,9-10,13H2,1-4H3,(H,22,24)/p+1. The Bertz CT molecular complexity index is 765. The molecule has 2 aromatic rings. The summed E-state index contributed by atoms with van der Waals surface area (Å²) in [6, 6.07) is 11.8. The predicted octanol–water partition coefficient (Wildman–Crippen LogP) is 2.47. The van der Waals surface area contributed by atoms with Gasteiger partial charge in [0.25, 0.3) is 5.91 Å². The van der Waals surface area contributed by atoms with E-state index < -0.39 is 0 Å². The number of hydrogen-bond acceptors (Lipinski definition) is 3. The summed E-state index contributed by atoms with van der Waals surface area (Å²) in [5, 5.41) is 2.96. The van der Waals surface area contributed by atoms with Crippen molar-refractivity contribution in [3.05, 3.63) is 52.0 Å². The highest BCUT2D eigenvalue weighted by molar-refractivity contribution is 9.10. The third-order valence-electron chi connectivity index (χ3n) is 4.15. The number of likely N-dealkylation sites (N-methyl/N-ethyl adjacent to an activating group) is 1. The summed E-state index contributed by atoms with van der Waals surface area (Å²) in [6.07, 6.45) is 0.855. The Hall–Kier alpha value is -2.05. The van der Waals surface area contributed by atoms with Gasteiger partial charge in [0.05, 0.1) is 33.5 Å². The summed E-state index contributed by atoms with van der Waals surface area (Å²) in [5.41, 5.74) is 3.10. The minimum absolute atomic E-state index is 0.000588. The molecule has 0 bridgehead atoms. The molecule has 5 nitrogen and oxygen atoms in total. The quantitative estimate of drug-likeness (QED) is 0.688. The fourth-order valence-electron chi connectivity index (χ4n) is 2.67. The van der Waals surface area contributed by atoms with Gasteiger partial charge in [0.1, 0.15) is 0 Å². The Labute approximate surface area is 163 Å². The maximum atomic E-state index is 12.3. The fraction of sp³-hybridized carbons (Fsp3) is 0.350. The lowest BCUT2D eigenvalue weighted by Crippen LogP contribution is -3.10. The molecule has 0 aromatic heterocycles. The van der Waals surface area contributed by atoms with Crippen molar-refractivity contribution in [1.82, 2.24) is 0 Å². The molecule has 6 heteroatoms. The van der Waals surface area contributed by atoms with Crippen LogP contribution >= 0.6 is 15.9 Å². The molecule has 2 aromatic carbocycles. The molecular weight excluding hydrogens is 396 g/mol. The summed E-state index contributed by atoms with van der Waals surface area (Å²) in [6.45, 7) is 3.27. The Morgan fingerprint density at radius 3 is 2.50 bits per heavy atom. The summed E-state index contributed by atoms with van der Waals surface area (Å²) < 4.78 is 11.5. The summed E-state index contributed by atoms with van der Waals surface area (Å²) >= 11 is 3.48. The Balaban J connectivity index is 1.86. The first-order valence-electron chi connectivity index (χ1n) is 8.51. The third-order valence-corrected chi connectivity index (χ3v) is 4.81. The molecule has 26 heavy (non-hydrogen) atoms. The molecule has 1 amide bonds. The van der Waals surface area contributed by atoms with E-state index in [-0.39, 0.29) is 5.91 Å². The molecule has 0 saturated heterocycles. The van der Waals surface area contributed by atoms with Crippen LogP contribution in [0.15, 0.2) is 40.9 Å². The van der Waals surface area contributed by atoms with E-state index in [1.165, 1.54) is 0 Å². The molecule has 0 radical (unpaired) electrons. The molecule has 1 unspecified atom stereocenters. The number of hydrogen-bond donors (Lipinski definition) is 2. The molecule has 2 N–H and O–H groups in total. The van der Waals surface area contributed by atoms with E-state index >= 15 is 0 Å². The van der Waals surface area contributed by atoms with E-state index in [1.54, 1.807) is 14.2 Å². The molecule has 140 valence electrons. The van der Waals surface area contributed by atoms with E-state index in [2.05, 4.69) is 21.2 Å². The van der Waals surface area contributed by atoms with Crippen LogP contribution in [0.2, 0.25) is 0 Å². The SMILES string of the molecule is COc1ccc(CC[NH+](C)CC(=O)Nc2ccc(C)cc2Br)cc1OC. The fourth-order valence-corrected chi connectivity index (χ4v) is 3.26. The van der Waals surface area contributed by atoms with Crippen LogP contribution in [0.25, 0.3) is 0 Å². The summed E-state index contributed by atoms with van der Waals surface area (Å²) in [7, 11) is 5.28. The molecular formula is C20H26BrN2O3+. The van der Waals surface area contributed by atoms with Gasteiger partial charge in [-0.1, -0.05) is 12.1 Å². The number of quaternary nitrogens is 1. The van der Waals surface area contributed by atoms with Crippen LogP contribution in [0.1, 0.15) is 11.1 Å². The molecule has 1 atom stereocenters. The van der Waals surface area contributed by atoms with Gasteiger partial charge < -0.3 is 19.7 Å². The van der Waals surface area contributed by atoms with Crippen LogP contribution in [-0.4, -0.2) is 40.3 Å². The van der Waals surface area contributed by atoms with Gasteiger partial charge in [-0.15, -0.1) is 0 Å². The Morgan fingerprint density at radius 2 is 1.85 bits per heavy atom. The number of aryl methyl sites for hydroxylation is 1. The first-order chi connectivity index (χ1) is 12.4. The molecule has 0 aliphatic rings. The number of carbonyl (C=O) groups excluding carboxylic acids is 1. The number of amides is 1. The van der Waals surface area contributed by atoms with E-state index in [1.807, 2.05) is 50.4 Å². The number of nitrogens with one attached hydrogen (secondary N) is 2. The van der Waals surface area contributed by atoms with Crippen molar-refractivity contribution in [3.8, 4) is 11.5 Å². The number of rotatable bonds is 8. The number of carbonyl (C=O) groups is 1. The lowest BCUT2D eigenvalue weighted by atomic mass is 10.1. The Morgan fingerprint density at radius 1 is 1.12 bits per heavy atom. The highest BCUT2D eigenvalue weighted by Crippen LogP contribution is 2.27. The van der Waals surface area contributed by atoms with Gasteiger partial charge in [-0.2, -0.15) is 0 Å². The van der Waals surface area contributed by atoms with Gasteiger partial charge in [-0.05, 0) is 58.2 Å². The average Bonchev–Trinajstić information content (AvgIpc) is 2.62. The van der Waals surface area contributed by atoms with E-state index in [4.69, 9.17) is 9.47 Å². The zero-order valence-electron chi connectivity index (χ0n) is 15.7. The second-order valence-corrected chi connectivity index (χ2v) is 7.21. The minimum atomic E-state index is -0.000588. The van der Waals surface area contributed by atoms with Crippen molar-refractivity contribution < 1.29 is 19.2 Å². The van der Waals surface area contributed by atoms with Gasteiger partial charge in [0.2, 0.25) is 0 Å². The zero-order valence-corrected chi connectivity index (χ0v) is 17.3. The largest absolute Gasteiger partial charge is 0.493 e. The smallest absolute Gasteiger partial charge is 0.279 e.